The topological polar surface area (TPSA) is 85.0 Å². The van der Waals surface area contributed by atoms with Crippen LogP contribution in [-0.2, 0) is 14.3 Å². The zero-order valence-corrected chi connectivity index (χ0v) is 13.9. The smallest absolute Gasteiger partial charge is 0.252 e. The van der Waals surface area contributed by atoms with Crippen molar-refractivity contribution in [2.24, 2.45) is 5.73 Å². The van der Waals surface area contributed by atoms with Crippen molar-refractivity contribution in [3.05, 3.63) is 22.4 Å². The number of thiophene rings is 1. The second kappa shape index (κ2) is 7.72. The molecular weight excluding hydrogens is 316 g/mol. The summed E-state index contributed by atoms with van der Waals surface area (Å²) in [5.74, 6) is 0.00706. The molecule has 2 unspecified atom stereocenters. The first-order valence-corrected chi connectivity index (χ1v) is 9.02. The fraction of sp³-hybridized carbons (Fsp3) is 0.688. The van der Waals surface area contributed by atoms with Crippen LogP contribution < -0.4 is 5.73 Å². The van der Waals surface area contributed by atoms with Crippen LogP contribution in [0.3, 0.4) is 0 Å². The molecule has 1 aromatic rings. The highest BCUT2D eigenvalue weighted by Gasteiger charge is 2.37. The van der Waals surface area contributed by atoms with Crippen LogP contribution in [-0.4, -0.2) is 60.5 Å². The van der Waals surface area contributed by atoms with Crippen molar-refractivity contribution in [1.82, 2.24) is 4.90 Å². The number of ether oxygens (including phenoxy) is 2. The molecule has 1 aromatic heterocycles. The molecule has 6 nitrogen and oxygen atoms in total. The fourth-order valence-electron chi connectivity index (χ4n) is 3.24. The third-order valence-electron chi connectivity index (χ3n) is 4.52. The molecular formula is C16H24N2O4S. The summed E-state index contributed by atoms with van der Waals surface area (Å²) in [7, 11) is 0. The van der Waals surface area contributed by atoms with Gasteiger partial charge in [0.05, 0.1) is 31.5 Å². The number of carbonyl (C=O) groups excluding carboxylic acids is 1. The number of aliphatic hydroxyl groups excluding tert-OH is 1. The highest BCUT2D eigenvalue weighted by molar-refractivity contribution is 7.10. The molecule has 2 aliphatic rings. The Bertz CT molecular complexity index is 510. The average Bonchev–Trinajstić information content (AvgIpc) is 3.26. The lowest BCUT2D eigenvalue weighted by molar-refractivity contribution is -0.152. The Morgan fingerprint density at radius 3 is 3.09 bits per heavy atom. The van der Waals surface area contributed by atoms with Gasteiger partial charge >= 0.3 is 0 Å². The summed E-state index contributed by atoms with van der Waals surface area (Å²) in [5.41, 5.74) is 5.62. The molecule has 0 aliphatic carbocycles. The molecule has 0 radical (unpaired) electrons. The lowest BCUT2D eigenvalue weighted by atomic mass is 10.0. The van der Waals surface area contributed by atoms with E-state index in [2.05, 4.69) is 0 Å². The van der Waals surface area contributed by atoms with E-state index in [0.717, 1.165) is 17.7 Å². The molecule has 23 heavy (non-hydrogen) atoms. The van der Waals surface area contributed by atoms with Gasteiger partial charge in [0.15, 0.2) is 0 Å². The molecule has 3 N–H and O–H groups in total. The Morgan fingerprint density at radius 2 is 2.39 bits per heavy atom. The number of hydrogen-bond donors (Lipinski definition) is 2. The van der Waals surface area contributed by atoms with E-state index in [1.165, 1.54) is 11.3 Å². The van der Waals surface area contributed by atoms with Crippen LogP contribution in [0.25, 0.3) is 0 Å². The molecule has 2 saturated heterocycles. The van der Waals surface area contributed by atoms with Gasteiger partial charge in [-0.1, -0.05) is 6.07 Å². The maximum Gasteiger partial charge on any atom is 0.252 e. The summed E-state index contributed by atoms with van der Waals surface area (Å²) in [4.78, 5) is 15.5. The SMILES string of the molecule is NC[C@H]1CC[C@@H](C(=O)N2CCOCC2CC(O)c2cccs2)O1. The zero-order chi connectivity index (χ0) is 16.2. The van der Waals surface area contributed by atoms with Gasteiger partial charge in [0.2, 0.25) is 0 Å². The summed E-state index contributed by atoms with van der Waals surface area (Å²) in [5, 5.41) is 12.3. The van der Waals surface area contributed by atoms with Gasteiger partial charge in [0.25, 0.3) is 5.91 Å². The van der Waals surface area contributed by atoms with Gasteiger partial charge in [-0.2, -0.15) is 0 Å². The number of rotatable bonds is 5. The Balaban J connectivity index is 1.63. The molecule has 2 fully saturated rings. The molecule has 2 aliphatic heterocycles. The van der Waals surface area contributed by atoms with Crippen molar-refractivity contribution in [1.29, 1.82) is 0 Å². The van der Waals surface area contributed by atoms with Gasteiger partial charge in [-0.05, 0) is 24.3 Å². The van der Waals surface area contributed by atoms with Crippen molar-refractivity contribution in [2.45, 2.75) is 43.6 Å². The summed E-state index contributed by atoms with van der Waals surface area (Å²) < 4.78 is 11.3. The molecule has 3 heterocycles. The molecule has 0 spiro atoms. The predicted octanol–water partition coefficient (Wildman–Crippen LogP) is 0.905. The van der Waals surface area contributed by atoms with E-state index < -0.39 is 12.2 Å². The maximum atomic E-state index is 12.8. The number of morpholine rings is 1. The number of amides is 1. The van der Waals surface area contributed by atoms with Crippen LogP contribution in [0.1, 0.15) is 30.2 Å². The van der Waals surface area contributed by atoms with Crippen molar-refractivity contribution in [3.63, 3.8) is 0 Å². The summed E-state index contributed by atoms with van der Waals surface area (Å²) >= 11 is 1.52. The molecule has 3 rings (SSSR count). The minimum absolute atomic E-state index is 0.00706. The second-order valence-electron chi connectivity index (χ2n) is 6.09. The average molecular weight is 340 g/mol. The van der Waals surface area contributed by atoms with Crippen molar-refractivity contribution < 1.29 is 19.4 Å². The van der Waals surface area contributed by atoms with Gasteiger partial charge in [-0.3, -0.25) is 4.79 Å². The molecule has 128 valence electrons. The van der Waals surface area contributed by atoms with Gasteiger partial charge in [-0.15, -0.1) is 11.3 Å². The molecule has 0 bridgehead atoms. The van der Waals surface area contributed by atoms with E-state index in [0.29, 0.717) is 32.7 Å². The fourth-order valence-corrected chi connectivity index (χ4v) is 3.97. The van der Waals surface area contributed by atoms with Gasteiger partial charge in [0, 0.05) is 24.4 Å². The zero-order valence-electron chi connectivity index (χ0n) is 13.1. The number of aliphatic hydroxyl groups is 1. The van der Waals surface area contributed by atoms with Crippen LogP contribution in [0.2, 0.25) is 0 Å². The number of nitrogens with two attached hydrogens (primary N) is 1. The molecule has 1 amide bonds. The van der Waals surface area contributed by atoms with E-state index in [1.54, 1.807) is 0 Å². The predicted molar refractivity (Wildman–Crippen MR) is 87.2 cm³/mol. The quantitative estimate of drug-likeness (QED) is 0.832. The van der Waals surface area contributed by atoms with E-state index in [9.17, 15) is 9.90 Å². The van der Waals surface area contributed by atoms with Crippen molar-refractivity contribution in [2.75, 3.05) is 26.3 Å². The Morgan fingerprint density at radius 1 is 1.52 bits per heavy atom. The van der Waals surface area contributed by atoms with Crippen LogP contribution in [0, 0.1) is 0 Å². The Kier molecular flexibility index (Phi) is 5.66. The third kappa shape index (κ3) is 3.92. The minimum Gasteiger partial charge on any atom is -0.387 e. The first kappa shape index (κ1) is 16.9. The van der Waals surface area contributed by atoms with Crippen LogP contribution >= 0.6 is 11.3 Å². The van der Waals surface area contributed by atoms with Crippen LogP contribution in [0.4, 0.5) is 0 Å². The standard InChI is InChI=1S/C16H24N2O4S/c17-9-12-3-4-14(22-12)16(20)18-5-6-21-10-11(18)8-13(19)15-2-1-7-23-15/h1-2,7,11-14,19H,3-6,8-10,17H2/t11?,12-,13?,14+/m1/s1. The molecule has 0 saturated carbocycles. The van der Waals surface area contributed by atoms with Crippen molar-refractivity contribution >= 4 is 17.2 Å². The van der Waals surface area contributed by atoms with Crippen LogP contribution in [0.5, 0.6) is 0 Å². The summed E-state index contributed by atoms with van der Waals surface area (Å²) in [6.07, 6.45) is 1.05. The highest BCUT2D eigenvalue weighted by atomic mass is 32.1. The van der Waals surface area contributed by atoms with E-state index in [4.69, 9.17) is 15.2 Å². The van der Waals surface area contributed by atoms with E-state index >= 15 is 0 Å². The number of nitrogens with zero attached hydrogens (tertiary/aromatic N) is 1. The largest absolute Gasteiger partial charge is 0.387 e. The van der Waals surface area contributed by atoms with Gasteiger partial charge in [-0.25, -0.2) is 0 Å². The first-order chi connectivity index (χ1) is 11.2. The summed E-state index contributed by atoms with van der Waals surface area (Å²) in [6.45, 7) is 1.99. The third-order valence-corrected chi connectivity index (χ3v) is 5.50. The normalized spacial score (nSPS) is 29.7. The molecule has 0 aromatic carbocycles. The lowest BCUT2D eigenvalue weighted by Crippen LogP contribution is -2.52. The Labute approximate surface area is 140 Å². The minimum atomic E-state index is -0.571. The monoisotopic (exact) mass is 340 g/mol. The number of hydrogen-bond acceptors (Lipinski definition) is 6. The summed E-state index contributed by atoms with van der Waals surface area (Å²) in [6, 6.07) is 3.72. The highest BCUT2D eigenvalue weighted by Crippen LogP contribution is 2.28. The van der Waals surface area contributed by atoms with Crippen molar-refractivity contribution in [3.8, 4) is 0 Å². The lowest BCUT2D eigenvalue weighted by Gasteiger charge is -2.37. The molecule has 7 heteroatoms. The molecule has 4 atom stereocenters. The number of carbonyl (C=O) groups is 1. The first-order valence-electron chi connectivity index (χ1n) is 8.14. The van der Waals surface area contributed by atoms with Crippen LogP contribution in [0.15, 0.2) is 17.5 Å². The van der Waals surface area contributed by atoms with Gasteiger partial charge in [0.1, 0.15) is 6.10 Å². The van der Waals surface area contributed by atoms with E-state index in [1.807, 2.05) is 22.4 Å². The maximum absolute atomic E-state index is 12.8. The second-order valence-corrected chi connectivity index (χ2v) is 7.07. The Hall–Kier alpha value is -0.990. The van der Waals surface area contributed by atoms with Gasteiger partial charge < -0.3 is 25.2 Å². The van der Waals surface area contributed by atoms with E-state index in [-0.39, 0.29) is 18.1 Å².